The van der Waals surface area contributed by atoms with Gasteiger partial charge in [-0.2, -0.15) is 0 Å². The molecule has 1 aromatic heterocycles. The molecule has 0 aliphatic heterocycles. The molecule has 0 saturated carbocycles. The van der Waals surface area contributed by atoms with Crippen LogP contribution in [0.3, 0.4) is 0 Å². The van der Waals surface area contributed by atoms with Crippen LogP contribution in [-0.4, -0.2) is 30.2 Å². The van der Waals surface area contributed by atoms with Crippen molar-refractivity contribution in [2.75, 3.05) is 30.9 Å². The van der Waals surface area contributed by atoms with Gasteiger partial charge in [0.15, 0.2) is 5.82 Å². The predicted molar refractivity (Wildman–Crippen MR) is 107 cm³/mol. The molecule has 134 valence electrons. The van der Waals surface area contributed by atoms with E-state index in [0.29, 0.717) is 25.5 Å². The lowest BCUT2D eigenvalue weighted by molar-refractivity contribution is 0.210. The summed E-state index contributed by atoms with van der Waals surface area (Å²) in [7, 11) is 1.68. The second-order valence-corrected chi connectivity index (χ2v) is 6.16. The summed E-state index contributed by atoms with van der Waals surface area (Å²) in [5.41, 5.74) is 2.10. The van der Waals surface area contributed by atoms with Crippen LogP contribution in [0.5, 0.6) is 0 Å². The largest absolute Gasteiger partial charge is 0.383 e. The number of nitrogens with one attached hydrogen (secondary N) is 2. The van der Waals surface area contributed by atoms with Gasteiger partial charge in [0.1, 0.15) is 11.6 Å². The van der Waals surface area contributed by atoms with Crippen molar-refractivity contribution >= 4 is 23.2 Å². The van der Waals surface area contributed by atoms with Crippen LogP contribution >= 0.6 is 11.6 Å². The van der Waals surface area contributed by atoms with Crippen LogP contribution in [0.1, 0.15) is 5.56 Å². The summed E-state index contributed by atoms with van der Waals surface area (Å²) in [4.78, 5) is 9.25. The average molecular weight is 369 g/mol. The molecule has 0 unspecified atom stereocenters. The van der Waals surface area contributed by atoms with Gasteiger partial charge >= 0.3 is 0 Å². The second kappa shape index (κ2) is 9.17. The maximum atomic E-state index is 5.94. The second-order valence-electron chi connectivity index (χ2n) is 5.73. The molecule has 0 atom stereocenters. The van der Waals surface area contributed by atoms with Crippen LogP contribution in [0.4, 0.5) is 11.6 Å². The van der Waals surface area contributed by atoms with Gasteiger partial charge in [0.25, 0.3) is 0 Å². The molecule has 0 amide bonds. The zero-order valence-electron chi connectivity index (χ0n) is 14.6. The van der Waals surface area contributed by atoms with Crippen molar-refractivity contribution in [3.63, 3.8) is 0 Å². The number of hydrogen-bond donors (Lipinski definition) is 2. The smallest absolute Gasteiger partial charge is 0.163 e. The van der Waals surface area contributed by atoms with E-state index in [1.165, 1.54) is 0 Å². The zero-order chi connectivity index (χ0) is 18.2. The van der Waals surface area contributed by atoms with E-state index < -0.39 is 0 Å². The van der Waals surface area contributed by atoms with Crippen molar-refractivity contribution in [1.29, 1.82) is 0 Å². The van der Waals surface area contributed by atoms with Crippen molar-refractivity contribution in [3.05, 3.63) is 71.2 Å². The molecule has 0 spiro atoms. The molecule has 6 heteroatoms. The van der Waals surface area contributed by atoms with Crippen LogP contribution < -0.4 is 10.6 Å². The Morgan fingerprint density at radius 2 is 1.62 bits per heavy atom. The van der Waals surface area contributed by atoms with Gasteiger partial charge in [0.05, 0.1) is 6.61 Å². The summed E-state index contributed by atoms with van der Waals surface area (Å²) in [6, 6.07) is 19.6. The molecule has 5 nitrogen and oxygen atoms in total. The van der Waals surface area contributed by atoms with Crippen LogP contribution in [0, 0.1) is 0 Å². The molecule has 2 N–H and O–H groups in total. The third-order valence-corrected chi connectivity index (χ3v) is 4.01. The van der Waals surface area contributed by atoms with E-state index in [4.69, 9.17) is 16.3 Å². The van der Waals surface area contributed by atoms with Gasteiger partial charge < -0.3 is 15.4 Å². The molecule has 1 heterocycles. The molecule has 0 aliphatic rings. The molecule has 3 rings (SSSR count). The average Bonchev–Trinajstić information content (AvgIpc) is 2.68. The van der Waals surface area contributed by atoms with Gasteiger partial charge in [0.2, 0.25) is 0 Å². The van der Waals surface area contributed by atoms with Gasteiger partial charge in [0, 0.05) is 36.9 Å². The highest BCUT2D eigenvalue weighted by Gasteiger charge is 2.07. The Balaban J connectivity index is 1.80. The van der Waals surface area contributed by atoms with Crippen LogP contribution in [0.2, 0.25) is 5.02 Å². The number of benzene rings is 2. The first kappa shape index (κ1) is 18.2. The van der Waals surface area contributed by atoms with Crippen molar-refractivity contribution in [2.24, 2.45) is 0 Å². The van der Waals surface area contributed by atoms with E-state index in [1.807, 2.05) is 60.7 Å². The highest BCUT2D eigenvalue weighted by molar-refractivity contribution is 6.30. The molecular weight excluding hydrogens is 348 g/mol. The molecule has 0 bridgehead atoms. The lowest BCUT2D eigenvalue weighted by Crippen LogP contribution is -2.11. The predicted octanol–water partition coefficient (Wildman–Crippen LogP) is 4.47. The Morgan fingerprint density at radius 3 is 2.31 bits per heavy atom. The molecule has 0 saturated heterocycles. The summed E-state index contributed by atoms with van der Waals surface area (Å²) >= 11 is 5.94. The lowest BCUT2D eigenvalue weighted by Gasteiger charge is -2.12. The number of nitrogens with zero attached hydrogens (tertiary/aromatic N) is 2. The highest BCUT2D eigenvalue weighted by Crippen LogP contribution is 2.20. The van der Waals surface area contributed by atoms with Crippen molar-refractivity contribution in [3.8, 4) is 11.4 Å². The molecule has 26 heavy (non-hydrogen) atoms. The number of halogens is 1. The van der Waals surface area contributed by atoms with Crippen molar-refractivity contribution < 1.29 is 4.74 Å². The Kier molecular flexibility index (Phi) is 6.41. The Bertz CT molecular complexity index is 825. The van der Waals surface area contributed by atoms with E-state index in [9.17, 15) is 0 Å². The maximum Gasteiger partial charge on any atom is 0.163 e. The molecule has 2 aromatic carbocycles. The van der Waals surface area contributed by atoms with E-state index >= 15 is 0 Å². The minimum Gasteiger partial charge on any atom is -0.383 e. The minimum absolute atomic E-state index is 0.609. The first-order valence-corrected chi connectivity index (χ1v) is 8.78. The minimum atomic E-state index is 0.609. The van der Waals surface area contributed by atoms with E-state index in [1.54, 1.807) is 7.11 Å². The van der Waals surface area contributed by atoms with E-state index in [2.05, 4.69) is 20.6 Å². The molecule has 0 radical (unpaired) electrons. The summed E-state index contributed by atoms with van der Waals surface area (Å²) in [5.74, 6) is 2.19. The first-order chi connectivity index (χ1) is 12.7. The number of hydrogen-bond acceptors (Lipinski definition) is 5. The number of rotatable bonds is 8. The molecule has 3 aromatic rings. The van der Waals surface area contributed by atoms with Gasteiger partial charge in [-0.1, -0.05) is 54.1 Å². The Hall–Kier alpha value is -2.63. The number of ether oxygens (including phenoxy) is 1. The highest BCUT2D eigenvalue weighted by atomic mass is 35.5. The van der Waals surface area contributed by atoms with Crippen molar-refractivity contribution in [1.82, 2.24) is 9.97 Å². The van der Waals surface area contributed by atoms with Crippen LogP contribution in [0.15, 0.2) is 60.7 Å². The fraction of sp³-hybridized carbons (Fsp3) is 0.200. The van der Waals surface area contributed by atoms with E-state index in [-0.39, 0.29) is 0 Å². The molecule has 0 fully saturated rings. The zero-order valence-corrected chi connectivity index (χ0v) is 15.3. The Morgan fingerprint density at radius 1 is 0.923 bits per heavy atom. The SMILES string of the molecule is COCCNc1cc(NCc2ccc(Cl)cc2)nc(-c2ccccc2)n1. The third-order valence-electron chi connectivity index (χ3n) is 3.76. The van der Waals surface area contributed by atoms with Gasteiger partial charge in [-0.05, 0) is 17.7 Å². The van der Waals surface area contributed by atoms with Crippen LogP contribution in [-0.2, 0) is 11.3 Å². The van der Waals surface area contributed by atoms with Gasteiger partial charge in [-0.25, -0.2) is 9.97 Å². The number of anilines is 2. The third kappa shape index (κ3) is 5.18. The molecular formula is C20H21ClN4O. The first-order valence-electron chi connectivity index (χ1n) is 8.40. The monoisotopic (exact) mass is 368 g/mol. The topological polar surface area (TPSA) is 59.1 Å². The number of methoxy groups -OCH3 is 1. The van der Waals surface area contributed by atoms with Crippen LogP contribution in [0.25, 0.3) is 11.4 Å². The van der Waals surface area contributed by atoms with Crippen molar-refractivity contribution in [2.45, 2.75) is 6.54 Å². The summed E-state index contributed by atoms with van der Waals surface area (Å²) in [6.07, 6.45) is 0. The van der Waals surface area contributed by atoms with Gasteiger partial charge in [-0.15, -0.1) is 0 Å². The fourth-order valence-corrected chi connectivity index (χ4v) is 2.55. The summed E-state index contributed by atoms with van der Waals surface area (Å²) in [6.45, 7) is 1.94. The number of aromatic nitrogens is 2. The van der Waals surface area contributed by atoms with Gasteiger partial charge in [-0.3, -0.25) is 0 Å². The maximum absolute atomic E-state index is 5.94. The summed E-state index contributed by atoms with van der Waals surface area (Å²) in [5, 5.41) is 7.35. The van der Waals surface area contributed by atoms with E-state index in [0.717, 1.165) is 27.8 Å². The lowest BCUT2D eigenvalue weighted by atomic mass is 10.2. The quantitative estimate of drug-likeness (QED) is 0.574. The standard InChI is InChI=1S/C20H21ClN4O/c1-26-12-11-22-18-13-19(23-14-15-7-9-17(21)10-8-15)25-20(24-18)16-5-3-2-4-6-16/h2-10,13H,11-12,14H2,1H3,(H2,22,23,24,25). The Labute approximate surface area is 158 Å². The summed E-state index contributed by atoms with van der Waals surface area (Å²) < 4.78 is 5.09. The molecule has 0 aliphatic carbocycles. The fourth-order valence-electron chi connectivity index (χ4n) is 2.42. The normalized spacial score (nSPS) is 10.5.